The van der Waals surface area contributed by atoms with Gasteiger partial charge in [0.1, 0.15) is 16.5 Å². The fraction of sp³-hybridized carbons (Fsp3) is 0.429. The highest BCUT2D eigenvalue weighted by atomic mass is 32.1. The van der Waals surface area contributed by atoms with Gasteiger partial charge in [0, 0.05) is 30.7 Å². The number of nitrogens with one attached hydrogen (secondary N) is 1. The van der Waals surface area contributed by atoms with Gasteiger partial charge in [-0.05, 0) is 42.7 Å². The monoisotopic (exact) mass is 523 g/mol. The van der Waals surface area contributed by atoms with Crippen molar-refractivity contribution in [2.75, 3.05) is 19.8 Å². The number of hydrogen-bond acceptors (Lipinski definition) is 8. The number of nitrogens with zero attached hydrogens (tertiary/aromatic N) is 2. The van der Waals surface area contributed by atoms with Gasteiger partial charge in [0.05, 0.1) is 44.5 Å². The van der Waals surface area contributed by atoms with E-state index in [0.717, 1.165) is 34.9 Å². The number of amides is 1. The average molecular weight is 524 g/mol. The van der Waals surface area contributed by atoms with Gasteiger partial charge in [-0.25, -0.2) is 4.98 Å². The van der Waals surface area contributed by atoms with Crippen LogP contribution in [0.5, 0.6) is 11.5 Å². The van der Waals surface area contributed by atoms with Crippen LogP contribution < -0.4 is 10.1 Å². The van der Waals surface area contributed by atoms with E-state index >= 15 is 0 Å². The summed E-state index contributed by atoms with van der Waals surface area (Å²) in [5.41, 5.74) is 1.00. The summed E-state index contributed by atoms with van der Waals surface area (Å²) in [6.07, 6.45) is 2.95. The minimum Gasteiger partial charge on any atom is -0.457 e. The molecule has 0 spiro atoms. The summed E-state index contributed by atoms with van der Waals surface area (Å²) >= 11 is 1.62. The summed E-state index contributed by atoms with van der Waals surface area (Å²) in [5, 5.41) is 16.3. The molecule has 0 bridgehead atoms. The third-order valence-electron chi connectivity index (χ3n) is 6.71. The van der Waals surface area contributed by atoms with Gasteiger partial charge in [0.2, 0.25) is 5.91 Å². The van der Waals surface area contributed by atoms with Gasteiger partial charge >= 0.3 is 0 Å². The number of aromatic nitrogens is 1. The lowest BCUT2D eigenvalue weighted by atomic mass is 9.94. The maximum absolute atomic E-state index is 12.7. The number of carbonyl (C=O) groups is 1. The number of aliphatic hydroxyl groups is 1. The summed E-state index contributed by atoms with van der Waals surface area (Å²) in [4.78, 5) is 19.4. The standard InChI is InChI=1S/C28H33N3O5S/c32-21-16-31(17-28-29-12-13-37-28)25-11-10-24(36-26(25)19-34-18-21)14-27(33)30-15-20-6-8-23(9-7-20)35-22-4-2-1-3-5-22/h1-9,12-13,21,24-26,32H,10-11,14-19H2,(H,30,33)/t21-,24-,25-,26+/m1/s1. The first-order chi connectivity index (χ1) is 18.1. The minimum absolute atomic E-state index is 0.0325. The summed E-state index contributed by atoms with van der Waals surface area (Å²) in [7, 11) is 0. The second kappa shape index (κ2) is 12.6. The molecule has 2 saturated heterocycles. The maximum atomic E-state index is 12.7. The molecule has 0 aliphatic carbocycles. The number of rotatable bonds is 8. The van der Waals surface area contributed by atoms with Gasteiger partial charge < -0.3 is 24.6 Å². The van der Waals surface area contributed by atoms with Gasteiger partial charge in [-0.15, -0.1) is 11.3 Å². The first kappa shape index (κ1) is 25.8. The fourth-order valence-electron chi connectivity index (χ4n) is 4.91. The Morgan fingerprint density at radius 1 is 1.11 bits per heavy atom. The molecule has 2 N–H and O–H groups in total. The van der Waals surface area contributed by atoms with Crippen LogP contribution in [-0.2, 0) is 27.4 Å². The average Bonchev–Trinajstić information content (AvgIpc) is 3.41. The molecule has 196 valence electrons. The zero-order valence-electron chi connectivity index (χ0n) is 20.7. The normalized spacial score (nSPS) is 24.5. The molecule has 0 saturated carbocycles. The van der Waals surface area contributed by atoms with Crippen LogP contribution in [-0.4, -0.2) is 65.0 Å². The molecule has 37 heavy (non-hydrogen) atoms. The molecule has 8 nitrogen and oxygen atoms in total. The highest BCUT2D eigenvalue weighted by Crippen LogP contribution is 2.29. The van der Waals surface area contributed by atoms with Gasteiger partial charge in [0.15, 0.2) is 0 Å². The number of ether oxygens (including phenoxy) is 3. The van der Waals surface area contributed by atoms with Crippen LogP contribution >= 0.6 is 11.3 Å². The van der Waals surface area contributed by atoms with Crippen LogP contribution in [0, 0.1) is 0 Å². The highest BCUT2D eigenvalue weighted by molar-refractivity contribution is 7.09. The van der Waals surface area contributed by atoms with E-state index in [1.807, 2.05) is 60.0 Å². The van der Waals surface area contributed by atoms with Crippen molar-refractivity contribution in [2.24, 2.45) is 0 Å². The third kappa shape index (κ3) is 7.37. The Balaban J connectivity index is 1.10. The van der Waals surface area contributed by atoms with Crippen molar-refractivity contribution in [2.45, 2.75) is 56.7 Å². The Morgan fingerprint density at radius 3 is 2.70 bits per heavy atom. The Kier molecular flexibility index (Phi) is 8.80. The third-order valence-corrected chi connectivity index (χ3v) is 7.48. The molecule has 1 amide bonds. The SMILES string of the molecule is O=C(C[C@H]1CC[C@@H]2[C@H](COC[C@H](O)CN2Cc2nccs2)O1)NCc1ccc(Oc2ccccc2)cc1. The summed E-state index contributed by atoms with van der Waals surface area (Å²) in [6, 6.07) is 17.5. The van der Waals surface area contributed by atoms with Crippen LogP contribution in [0.3, 0.4) is 0 Å². The predicted molar refractivity (Wildman–Crippen MR) is 140 cm³/mol. The molecule has 0 unspecified atom stereocenters. The van der Waals surface area contributed by atoms with Crippen molar-refractivity contribution in [3.63, 3.8) is 0 Å². The molecule has 5 rings (SSSR count). The zero-order chi connectivity index (χ0) is 25.5. The number of β-amino-alcohol motifs (C(OH)–C–C–N with tert-alkyl or cyclic N) is 1. The predicted octanol–water partition coefficient (Wildman–Crippen LogP) is 3.75. The molecule has 9 heteroatoms. The van der Waals surface area contributed by atoms with Crippen molar-refractivity contribution in [1.82, 2.24) is 15.2 Å². The summed E-state index contributed by atoms with van der Waals surface area (Å²) < 4.78 is 17.9. The van der Waals surface area contributed by atoms with Crippen LogP contribution in [0.1, 0.15) is 29.8 Å². The van der Waals surface area contributed by atoms with Crippen molar-refractivity contribution in [3.8, 4) is 11.5 Å². The lowest BCUT2D eigenvalue weighted by Crippen LogP contribution is -2.55. The first-order valence-electron chi connectivity index (χ1n) is 12.7. The Labute approximate surface area is 221 Å². The van der Waals surface area contributed by atoms with Crippen LogP contribution in [0.15, 0.2) is 66.2 Å². The van der Waals surface area contributed by atoms with Crippen molar-refractivity contribution in [1.29, 1.82) is 0 Å². The number of carbonyl (C=O) groups excluding carboxylic acids is 1. The van der Waals surface area contributed by atoms with Crippen molar-refractivity contribution in [3.05, 3.63) is 76.7 Å². The fourth-order valence-corrected chi connectivity index (χ4v) is 5.55. The summed E-state index contributed by atoms with van der Waals surface area (Å²) in [5.74, 6) is 1.51. The molecule has 2 aromatic carbocycles. The number of para-hydroxylation sites is 1. The van der Waals surface area contributed by atoms with E-state index in [-0.39, 0.29) is 30.8 Å². The van der Waals surface area contributed by atoms with E-state index in [2.05, 4.69) is 15.2 Å². The molecule has 2 fully saturated rings. The van der Waals surface area contributed by atoms with Crippen LogP contribution in [0.2, 0.25) is 0 Å². The number of aliphatic hydroxyl groups excluding tert-OH is 1. The molecule has 0 radical (unpaired) electrons. The summed E-state index contributed by atoms with van der Waals surface area (Å²) in [6.45, 7) is 2.34. The number of benzene rings is 2. The molecule has 3 aromatic rings. The Morgan fingerprint density at radius 2 is 1.92 bits per heavy atom. The molecule has 2 aliphatic rings. The molecule has 1 aromatic heterocycles. The molecule has 2 aliphatic heterocycles. The lowest BCUT2D eigenvalue weighted by molar-refractivity contribution is -0.158. The molecular weight excluding hydrogens is 490 g/mol. The van der Waals surface area contributed by atoms with E-state index < -0.39 is 6.10 Å². The lowest BCUT2D eigenvalue weighted by Gasteiger charge is -2.44. The van der Waals surface area contributed by atoms with Gasteiger partial charge in [0.25, 0.3) is 0 Å². The number of fused-ring (bicyclic) bond motifs is 1. The second-order valence-corrected chi connectivity index (χ2v) is 10.5. The Hall–Kier alpha value is -2.82. The molecular formula is C28H33N3O5S. The Bertz CT molecular complexity index is 1110. The van der Waals surface area contributed by atoms with Gasteiger partial charge in [-0.3, -0.25) is 9.69 Å². The van der Waals surface area contributed by atoms with E-state index in [1.54, 1.807) is 17.5 Å². The van der Waals surface area contributed by atoms with E-state index in [4.69, 9.17) is 14.2 Å². The topological polar surface area (TPSA) is 93.2 Å². The van der Waals surface area contributed by atoms with Crippen molar-refractivity contribution < 1.29 is 24.1 Å². The number of thiazole rings is 1. The number of hydrogen-bond donors (Lipinski definition) is 2. The van der Waals surface area contributed by atoms with E-state index in [0.29, 0.717) is 32.7 Å². The minimum atomic E-state index is -0.539. The van der Waals surface area contributed by atoms with Gasteiger partial charge in [-0.1, -0.05) is 30.3 Å². The van der Waals surface area contributed by atoms with Crippen molar-refractivity contribution >= 4 is 17.2 Å². The smallest absolute Gasteiger partial charge is 0.222 e. The van der Waals surface area contributed by atoms with Crippen LogP contribution in [0.4, 0.5) is 0 Å². The highest BCUT2D eigenvalue weighted by Gasteiger charge is 2.38. The van der Waals surface area contributed by atoms with Gasteiger partial charge in [-0.2, -0.15) is 0 Å². The second-order valence-electron chi connectivity index (χ2n) is 9.53. The van der Waals surface area contributed by atoms with Crippen LogP contribution in [0.25, 0.3) is 0 Å². The molecule has 4 atom stereocenters. The maximum Gasteiger partial charge on any atom is 0.222 e. The zero-order valence-corrected chi connectivity index (χ0v) is 21.5. The van der Waals surface area contributed by atoms with E-state index in [9.17, 15) is 9.90 Å². The molecule has 3 heterocycles. The quantitative estimate of drug-likeness (QED) is 0.465. The largest absolute Gasteiger partial charge is 0.457 e. The van der Waals surface area contributed by atoms with E-state index in [1.165, 1.54) is 0 Å². The first-order valence-corrected chi connectivity index (χ1v) is 13.6.